The second-order valence-corrected chi connectivity index (χ2v) is 8.81. The van der Waals surface area contributed by atoms with Gasteiger partial charge in [0.25, 0.3) is 5.56 Å². The molecule has 0 aliphatic carbocycles. The Morgan fingerprint density at radius 3 is 2.36 bits per heavy atom. The maximum atomic E-state index is 12.7. The highest BCUT2D eigenvalue weighted by Gasteiger charge is 2.30. The molecule has 150 valence electrons. The Balaban J connectivity index is 1.75. The van der Waals surface area contributed by atoms with Crippen molar-refractivity contribution in [2.24, 2.45) is 0 Å². The smallest absolute Gasteiger partial charge is 0.271 e. The van der Waals surface area contributed by atoms with Crippen LogP contribution in [0.15, 0.2) is 52.3 Å². The molecule has 1 fully saturated rings. The molecule has 1 amide bonds. The first-order valence-electron chi connectivity index (χ1n) is 9.06. The summed E-state index contributed by atoms with van der Waals surface area (Å²) in [7, 11) is 0.00382. The number of anilines is 2. The Hall–Kier alpha value is -2.65. The van der Waals surface area contributed by atoms with E-state index in [2.05, 4.69) is 5.32 Å². The Morgan fingerprint density at radius 2 is 1.75 bits per heavy atom. The third-order valence-corrected chi connectivity index (χ3v) is 6.56. The van der Waals surface area contributed by atoms with Crippen molar-refractivity contribution in [3.8, 4) is 0 Å². The fraction of sp³-hybridized carbons (Fsp3) is 0.368. The van der Waals surface area contributed by atoms with Crippen molar-refractivity contribution in [3.63, 3.8) is 0 Å². The van der Waals surface area contributed by atoms with Gasteiger partial charge < -0.3 is 14.8 Å². The number of amides is 1. The molecule has 8 nitrogen and oxygen atoms in total. The van der Waals surface area contributed by atoms with Crippen molar-refractivity contribution >= 4 is 27.3 Å². The number of benzene rings is 1. The van der Waals surface area contributed by atoms with E-state index in [1.165, 1.54) is 22.6 Å². The van der Waals surface area contributed by atoms with Crippen molar-refractivity contribution in [2.75, 3.05) is 37.4 Å². The molecule has 28 heavy (non-hydrogen) atoms. The van der Waals surface area contributed by atoms with Gasteiger partial charge in [-0.3, -0.25) is 9.59 Å². The Bertz CT molecular complexity index is 1010. The second-order valence-electron chi connectivity index (χ2n) is 6.91. The number of aromatic nitrogens is 1. The lowest BCUT2D eigenvalue weighted by atomic mass is 10.2. The van der Waals surface area contributed by atoms with Gasteiger partial charge in [0.05, 0.1) is 0 Å². The monoisotopic (exact) mass is 404 g/mol. The third kappa shape index (κ3) is 4.26. The maximum Gasteiger partial charge on any atom is 0.271 e. The molecule has 0 saturated carbocycles. The van der Waals surface area contributed by atoms with E-state index < -0.39 is 21.5 Å². The number of hydrogen-bond acceptors (Lipinski definition) is 5. The average molecular weight is 404 g/mol. The number of carbonyl (C=O) groups is 1. The Morgan fingerprint density at radius 1 is 1.11 bits per heavy atom. The summed E-state index contributed by atoms with van der Waals surface area (Å²) in [6.07, 6.45) is 2.99. The zero-order valence-corrected chi connectivity index (χ0v) is 16.8. The summed E-state index contributed by atoms with van der Waals surface area (Å²) in [6, 6.07) is 10.0. The van der Waals surface area contributed by atoms with Gasteiger partial charge in [-0.05, 0) is 49.2 Å². The fourth-order valence-corrected chi connectivity index (χ4v) is 4.71. The predicted molar refractivity (Wildman–Crippen MR) is 108 cm³/mol. The van der Waals surface area contributed by atoms with Crippen molar-refractivity contribution < 1.29 is 13.2 Å². The summed E-state index contributed by atoms with van der Waals surface area (Å²) in [5.41, 5.74) is 0.908. The molecule has 0 unspecified atom stereocenters. The molecule has 0 bridgehead atoms. The van der Waals surface area contributed by atoms with Crippen molar-refractivity contribution in [2.45, 2.75) is 24.3 Å². The summed E-state index contributed by atoms with van der Waals surface area (Å²) in [4.78, 5) is 26.6. The molecular formula is C19H24N4O4S. The summed E-state index contributed by atoms with van der Waals surface area (Å²) >= 11 is 0. The van der Waals surface area contributed by atoms with Gasteiger partial charge in [0.15, 0.2) is 0 Å². The van der Waals surface area contributed by atoms with Gasteiger partial charge in [-0.25, -0.2) is 8.42 Å². The van der Waals surface area contributed by atoms with Crippen LogP contribution in [0.1, 0.15) is 12.8 Å². The van der Waals surface area contributed by atoms with E-state index in [0.29, 0.717) is 18.8 Å². The zero-order chi connectivity index (χ0) is 20.3. The van der Waals surface area contributed by atoms with Gasteiger partial charge >= 0.3 is 0 Å². The van der Waals surface area contributed by atoms with Crippen LogP contribution in [-0.4, -0.2) is 50.4 Å². The molecule has 1 N–H and O–H groups in total. The Kier molecular flexibility index (Phi) is 5.85. The van der Waals surface area contributed by atoms with Gasteiger partial charge in [0.1, 0.15) is 11.4 Å². The van der Waals surface area contributed by atoms with Crippen LogP contribution in [0.4, 0.5) is 11.4 Å². The predicted octanol–water partition coefficient (Wildman–Crippen LogP) is 1.34. The van der Waals surface area contributed by atoms with Crippen LogP contribution in [0.5, 0.6) is 0 Å². The zero-order valence-electron chi connectivity index (χ0n) is 16.0. The molecule has 0 spiro atoms. The van der Waals surface area contributed by atoms with E-state index in [9.17, 15) is 18.0 Å². The molecule has 2 aromatic rings. The normalized spacial score (nSPS) is 14.8. The van der Waals surface area contributed by atoms with Crippen LogP contribution in [0.2, 0.25) is 0 Å². The molecule has 2 heterocycles. The lowest BCUT2D eigenvalue weighted by Gasteiger charge is -2.16. The van der Waals surface area contributed by atoms with Gasteiger partial charge in [0, 0.05) is 44.8 Å². The van der Waals surface area contributed by atoms with Crippen molar-refractivity contribution in [3.05, 3.63) is 52.9 Å². The first-order chi connectivity index (χ1) is 13.3. The number of hydrogen-bond donors (Lipinski definition) is 1. The maximum absolute atomic E-state index is 12.7. The number of nitrogens with one attached hydrogen (secondary N) is 1. The van der Waals surface area contributed by atoms with Crippen LogP contribution < -0.4 is 15.8 Å². The van der Waals surface area contributed by atoms with Crippen molar-refractivity contribution in [1.82, 2.24) is 8.87 Å². The van der Waals surface area contributed by atoms with E-state index in [1.807, 2.05) is 31.1 Å². The van der Waals surface area contributed by atoms with E-state index in [1.54, 1.807) is 12.1 Å². The van der Waals surface area contributed by atoms with Crippen LogP contribution in [0.3, 0.4) is 0 Å². The van der Waals surface area contributed by atoms with Crippen molar-refractivity contribution in [1.29, 1.82) is 0 Å². The summed E-state index contributed by atoms with van der Waals surface area (Å²) in [5, 5.41) is 2.72. The number of sulfonamides is 1. The van der Waals surface area contributed by atoms with Gasteiger partial charge in [-0.15, -0.1) is 0 Å². The SMILES string of the molecule is CN(C)c1ccc(NC(=O)Cn2cccc(S(=O)(=O)N3CCCC3)c2=O)cc1. The number of nitrogens with zero attached hydrogens (tertiary/aromatic N) is 3. The lowest BCUT2D eigenvalue weighted by molar-refractivity contribution is -0.116. The molecular weight excluding hydrogens is 380 g/mol. The molecule has 1 saturated heterocycles. The van der Waals surface area contributed by atoms with E-state index in [4.69, 9.17) is 0 Å². The number of pyridine rings is 1. The topological polar surface area (TPSA) is 91.7 Å². The van der Waals surface area contributed by atoms with Gasteiger partial charge in [0.2, 0.25) is 15.9 Å². The third-order valence-electron chi connectivity index (χ3n) is 4.65. The van der Waals surface area contributed by atoms with Gasteiger partial charge in [-0.2, -0.15) is 4.31 Å². The lowest BCUT2D eigenvalue weighted by Crippen LogP contribution is -2.36. The van der Waals surface area contributed by atoms with Gasteiger partial charge in [-0.1, -0.05) is 0 Å². The average Bonchev–Trinajstić information content (AvgIpc) is 3.19. The largest absolute Gasteiger partial charge is 0.378 e. The summed E-state index contributed by atoms with van der Waals surface area (Å²) < 4.78 is 27.8. The fourth-order valence-electron chi connectivity index (χ4n) is 3.10. The van der Waals surface area contributed by atoms with E-state index >= 15 is 0 Å². The number of carbonyl (C=O) groups excluding carboxylic acids is 1. The quantitative estimate of drug-likeness (QED) is 0.784. The molecule has 1 aliphatic heterocycles. The highest BCUT2D eigenvalue weighted by atomic mass is 32.2. The van der Waals surface area contributed by atoms with Crippen LogP contribution in [-0.2, 0) is 21.4 Å². The summed E-state index contributed by atoms with van der Waals surface area (Å²) in [5.74, 6) is -0.407. The second kappa shape index (κ2) is 8.15. The first-order valence-corrected chi connectivity index (χ1v) is 10.5. The molecule has 0 radical (unpaired) electrons. The minimum absolute atomic E-state index is 0.266. The molecule has 0 atom stereocenters. The molecule has 1 aromatic carbocycles. The van der Waals surface area contributed by atoms with Crippen LogP contribution in [0, 0.1) is 0 Å². The molecule has 1 aliphatic rings. The standard InChI is InChI=1S/C19H24N4O4S/c1-21(2)16-9-7-15(8-10-16)20-18(24)14-22-11-5-6-17(19(22)25)28(26,27)23-12-3-4-13-23/h5-11H,3-4,12-14H2,1-2H3,(H,20,24). The van der Waals surface area contributed by atoms with Crippen LogP contribution >= 0.6 is 0 Å². The molecule has 9 heteroatoms. The molecule has 3 rings (SSSR count). The highest BCUT2D eigenvalue weighted by Crippen LogP contribution is 2.18. The van der Waals surface area contributed by atoms with E-state index in [-0.39, 0.29) is 11.4 Å². The highest BCUT2D eigenvalue weighted by molar-refractivity contribution is 7.89. The number of rotatable bonds is 6. The summed E-state index contributed by atoms with van der Waals surface area (Å²) in [6.45, 7) is 0.567. The minimum Gasteiger partial charge on any atom is -0.378 e. The van der Waals surface area contributed by atoms with Crippen LogP contribution in [0.25, 0.3) is 0 Å². The van der Waals surface area contributed by atoms with E-state index in [0.717, 1.165) is 23.1 Å². The Labute approximate surface area is 164 Å². The first kappa shape index (κ1) is 20.1. The minimum atomic E-state index is -3.84. The molecule has 1 aromatic heterocycles.